The molecule has 1 aromatic heterocycles. The first kappa shape index (κ1) is 17.0. The molecule has 4 N–H and O–H groups in total. The van der Waals surface area contributed by atoms with Crippen LogP contribution < -0.4 is 11.1 Å². The largest absolute Gasteiger partial charge is 0.366 e. The van der Waals surface area contributed by atoms with E-state index in [2.05, 4.69) is 15.3 Å². The second-order valence-corrected chi connectivity index (χ2v) is 6.70. The number of anilines is 1. The minimum absolute atomic E-state index is 0.111. The molecule has 1 heterocycles. The van der Waals surface area contributed by atoms with Crippen LogP contribution in [0.4, 0.5) is 5.69 Å². The SMILES string of the molecule is CCC(Sc1nc2ccccc2[nH]1)C(=O)Nc1ccc(C(N)=O)cc1. The Bertz CT molecular complexity index is 872. The topological polar surface area (TPSA) is 101 Å². The van der Waals surface area contributed by atoms with Crippen LogP contribution in [0, 0.1) is 0 Å². The maximum Gasteiger partial charge on any atom is 0.248 e. The van der Waals surface area contributed by atoms with Crippen molar-refractivity contribution in [1.82, 2.24) is 9.97 Å². The van der Waals surface area contributed by atoms with E-state index in [1.54, 1.807) is 24.3 Å². The average molecular weight is 354 g/mol. The van der Waals surface area contributed by atoms with Crippen molar-refractivity contribution in [2.45, 2.75) is 23.8 Å². The number of primary amides is 1. The standard InChI is InChI=1S/C18H18N4O2S/c1-2-15(25-18-21-13-5-3-4-6-14(13)22-18)17(24)20-12-9-7-11(8-10-12)16(19)23/h3-10,15H,2H2,1H3,(H2,19,23)(H,20,24)(H,21,22). The number of nitrogens with two attached hydrogens (primary N) is 1. The molecule has 3 aromatic rings. The summed E-state index contributed by atoms with van der Waals surface area (Å²) in [7, 11) is 0. The highest BCUT2D eigenvalue weighted by atomic mass is 32.2. The quantitative estimate of drug-likeness (QED) is 0.592. The molecule has 6 nitrogen and oxygen atoms in total. The van der Waals surface area contributed by atoms with E-state index in [1.165, 1.54) is 11.8 Å². The number of nitrogens with one attached hydrogen (secondary N) is 2. The average Bonchev–Trinajstić information content (AvgIpc) is 3.02. The van der Waals surface area contributed by atoms with Gasteiger partial charge in [-0.25, -0.2) is 4.98 Å². The molecule has 1 unspecified atom stereocenters. The number of nitrogens with zero attached hydrogens (tertiary/aromatic N) is 1. The number of fused-ring (bicyclic) bond motifs is 1. The number of imidazole rings is 1. The molecule has 0 saturated carbocycles. The van der Waals surface area contributed by atoms with Crippen molar-refractivity contribution in [3.8, 4) is 0 Å². The van der Waals surface area contributed by atoms with Gasteiger partial charge in [0.1, 0.15) is 0 Å². The molecule has 0 fully saturated rings. The fourth-order valence-corrected chi connectivity index (χ4v) is 3.30. The fourth-order valence-electron chi connectivity index (χ4n) is 2.38. The number of aromatic nitrogens is 2. The van der Waals surface area contributed by atoms with Crippen LogP contribution in [-0.4, -0.2) is 27.0 Å². The van der Waals surface area contributed by atoms with Gasteiger partial charge >= 0.3 is 0 Å². The summed E-state index contributed by atoms with van der Waals surface area (Å²) in [4.78, 5) is 31.3. The molecule has 0 spiro atoms. The highest BCUT2D eigenvalue weighted by Crippen LogP contribution is 2.26. The number of hydrogen-bond donors (Lipinski definition) is 3. The number of amides is 2. The van der Waals surface area contributed by atoms with Gasteiger partial charge in [-0.2, -0.15) is 0 Å². The van der Waals surface area contributed by atoms with E-state index in [9.17, 15) is 9.59 Å². The molecule has 2 aromatic carbocycles. The third-order valence-electron chi connectivity index (χ3n) is 3.72. The van der Waals surface area contributed by atoms with E-state index in [0.717, 1.165) is 11.0 Å². The van der Waals surface area contributed by atoms with Gasteiger partial charge in [0.15, 0.2) is 5.16 Å². The van der Waals surface area contributed by atoms with Crippen LogP contribution in [0.3, 0.4) is 0 Å². The van der Waals surface area contributed by atoms with E-state index in [-0.39, 0.29) is 11.2 Å². The molecule has 25 heavy (non-hydrogen) atoms. The first-order chi connectivity index (χ1) is 12.1. The van der Waals surface area contributed by atoms with Crippen molar-refractivity contribution >= 4 is 40.3 Å². The first-order valence-corrected chi connectivity index (χ1v) is 8.77. The number of carbonyl (C=O) groups is 2. The summed E-state index contributed by atoms with van der Waals surface area (Å²) >= 11 is 1.40. The third-order valence-corrected chi connectivity index (χ3v) is 4.97. The predicted octanol–water partition coefficient (Wildman–Crippen LogP) is 3.17. The predicted molar refractivity (Wildman–Crippen MR) is 99.6 cm³/mol. The monoisotopic (exact) mass is 354 g/mol. The Morgan fingerprint density at radius 1 is 1.20 bits per heavy atom. The molecule has 2 amide bonds. The van der Waals surface area contributed by atoms with Gasteiger partial charge < -0.3 is 16.0 Å². The second-order valence-electron chi connectivity index (χ2n) is 5.50. The van der Waals surface area contributed by atoms with Gasteiger partial charge in [-0.05, 0) is 42.8 Å². The molecular weight excluding hydrogens is 336 g/mol. The van der Waals surface area contributed by atoms with Crippen molar-refractivity contribution < 1.29 is 9.59 Å². The number of thioether (sulfide) groups is 1. The molecular formula is C18H18N4O2S. The van der Waals surface area contributed by atoms with Crippen molar-refractivity contribution in [1.29, 1.82) is 0 Å². The Labute approximate surface area is 149 Å². The number of para-hydroxylation sites is 2. The zero-order chi connectivity index (χ0) is 17.8. The Kier molecular flexibility index (Phi) is 5.04. The number of aromatic amines is 1. The van der Waals surface area contributed by atoms with E-state index < -0.39 is 5.91 Å². The maximum atomic E-state index is 12.5. The van der Waals surface area contributed by atoms with Crippen LogP contribution in [0.2, 0.25) is 0 Å². The van der Waals surface area contributed by atoms with Crippen LogP contribution >= 0.6 is 11.8 Å². The Morgan fingerprint density at radius 2 is 1.92 bits per heavy atom. The van der Waals surface area contributed by atoms with E-state index in [4.69, 9.17) is 5.73 Å². The summed E-state index contributed by atoms with van der Waals surface area (Å²) in [5, 5.41) is 3.29. The summed E-state index contributed by atoms with van der Waals surface area (Å²) in [5.74, 6) is -0.607. The van der Waals surface area contributed by atoms with Gasteiger partial charge in [-0.15, -0.1) is 0 Å². The highest BCUT2D eigenvalue weighted by molar-refractivity contribution is 8.00. The highest BCUT2D eigenvalue weighted by Gasteiger charge is 2.20. The Hall–Kier alpha value is -2.80. The summed E-state index contributed by atoms with van der Waals surface area (Å²) in [6.45, 7) is 1.95. The van der Waals surface area contributed by atoms with Gasteiger partial charge in [0.2, 0.25) is 11.8 Å². The van der Waals surface area contributed by atoms with Crippen LogP contribution in [0.15, 0.2) is 53.7 Å². The zero-order valence-corrected chi connectivity index (χ0v) is 14.5. The van der Waals surface area contributed by atoms with Crippen LogP contribution in [0.5, 0.6) is 0 Å². The molecule has 0 aliphatic carbocycles. The Morgan fingerprint density at radius 3 is 2.56 bits per heavy atom. The maximum absolute atomic E-state index is 12.5. The minimum Gasteiger partial charge on any atom is -0.366 e. The fraction of sp³-hybridized carbons (Fsp3) is 0.167. The smallest absolute Gasteiger partial charge is 0.248 e. The molecule has 0 saturated heterocycles. The number of rotatable bonds is 6. The number of benzene rings is 2. The molecule has 128 valence electrons. The lowest BCUT2D eigenvalue weighted by Gasteiger charge is -2.13. The molecule has 7 heteroatoms. The lowest BCUT2D eigenvalue weighted by molar-refractivity contribution is -0.115. The zero-order valence-electron chi connectivity index (χ0n) is 13.7. The minimum atomic E-state index is -0.496. The van der Waals surface area contributed by atoms with Crippen molar-refractivity contribution in [3.05, 3.63) is 54.1 Å². The summed E-state index contributed by atoms with van der Waals surface area (Å²) in [5.41, 5.74) is 8.06. The molecule has 0 radical (unpaired) electrons. The molecule has 3 rings (SSSR count). The van der Waals surface area contributed by atoms with Crippen molar-refractivity contribution in [2.24, 2.45) is 5.73 Å². The first-order valence-electron chi connectivity index (χ1n) is 7.89. The molecule has 0 bridgehead atoms. The normalized spacial score (nSPS) is 12.0. The lowest BCUT2D eigenvalue weighted by atomic mass is 10.2. The van der Waals surface area contributed by atoms with E-state index in [0.29, 0.717) is 22.8 Å². The van der Waals surface area contributed by atoms with Gasteiger partial charge in [-0.1, -0.05) is 30.8 Å². The van der Waals surface area contributed by atoms with E-state index >= 15 is 0 Å². The summed E-state index contributed by atoms with van der Waals surface area (Å²) < 4.78 is 0. The number of hydrogen-bond acceptors (Lipinski definition) is 4. The van der Waals surface area contributed by atoms with E-state index in [1.807, 2.05) is 31.2 Å². The van der Waals surface area contributed by atoms with Crippen LogP contribution in [0.1, 0.15) is 23.7 Å². The molecule has 0 aliphatic rings. The molecule has 1 atom stereocenters. The Balaban J connectivity index is 1.69. The van der Waals surface area contributed by atoms with Gasteiger partial charge in [-0.3, -0.25) is 9.59 Å². The van der Waals surface area contributed by atoms with Gasteiger partial charge in [0, 0.05) is 11.3 Å². The van der Waals surface area contributed by atoms with Gasteiger partial charge in [0.05, 0.1) is 16.3 Å². The number of carbonyl (C=O) groups excluding carboxylic acids is 2. The van der Waals surface area contributed by atoms with Crippen LogP contribution in [-0.2, 0) is 4.79 Å². The second kappa shape index (κ2) is 7.40. The summed E-state index contributed by atoms with van der Waals surface area (Å²) in [6, 6.07) is 14.3. The third kappa shape index (κ3) is 4.00. The van der Waals surface area contributed by atoms with Crippen LogP contribution in [0.25, 0.3) is 11.0 Å². The summed E-state index contributed by atoms with van der Waals surface area (Å²) in [6.07, 6.45) is 0.660. The van der Waals surface area contributed by atoms with Crippen molar-refractivity contribution in [2.75, 3.05) is 5.32 Å². The number of H-pyrrole nitrogens is 1. The molecule has 0 aliphatic heterocycles. The van der Waals surface area contributed by atoms with Crippen molar-refractivity contribution in [3.63, 3.8) is 0 Å². The van der Waals surface area contributed by atoms with Gasteiger partial charge in [0.25, 0.3) is 0 Å². The lowest BCUT2D eigenvalue weighted by Crippen LogP contribution is -2.24.